The summed E-state index contributed by atoms with van der Waals surface area (Å²) in [6.45, 7) is 2.73. The van der Waals surface area contributed by atoms with Crippen molar-refractivity contribution in [1.29, 1.82) is 0 Å². The maximum Gasteiger partial charge on any atom is 0.433 e. The Bertz CT molecular complexity index is 1590. The molecule has 0 aliphatic carbocycles. The van der Waals surface area contributed by atoms with Gasteiger partial charge in [0, 0.05) is 37.2 Å². The van der Waals surface area contributed by atoms with E-state index in [9.17, 15) is 18.0 Å². The van der Waals surface area contributed by atoms with Crippen LogP contribution in [-0.4, -0.2) is 47.7 Å². The van der Waals surface area contributed by atoms with Gasteiger partial charge in [0.15, 0.2) is 0 Å². The van der Waals surface area contributed by atoms with Crippen molar-refractivity contribution in [1.82, 2.24) is 15.0 Å². The molecule has 4 aromatic rings. The van der Waals surface area contributed by atoms with Crippen LogP contribution >= 0.6 is 0 Å². The Labute approximate surface area is 239 Å². The molecule has 9 nitrogen and oxygen atoms in total. The fourth-order valence-corrected chi connectivity index (χ4v) is 5.38. The first-order chi connectivity index (χ1) is 20.2. The molecule has 0 saturated carbocycles. The van der Waals surface area contributed by atoms with Gasteiger partial charge >= 0.3 is 12.1 Å². The van der Waals surface area contributed by atoms with E-state index in [0.29, 0.717) is 37.0 Å². The molecule has 3 atom stereocenters. The third-order valence-corrected chi connectivity index (χ3v) is 7.54. The topological polar surface area (TPSA) is 99.8 Å². The van der Waals surface area contributed by atoms with Gasteiger partial charge in [0.1, 0.15) is 29.1 Å². The lowest BCUT2D eigenvalue weighted by Crippen LogP contribution is -2.26. The van der Waals surface area contributed by atoms with Crippen molar-refractivity contribution in [2.75, 3.05) is 31.7 Å². The molecule has 2 aliphatic rings. The van der Waals surface area contributed by atoms with Gasteiger partial charge < -0.3 is 23.5 Å². The first-order valence-corrected chi connectivity index (χ1v) is 13.4. The quantitative estimate of drug-likeness (QED) is 0.252. The van der Waals surface area contributed by atoms with Crippen LogP contribution in [0.5, 0.6) is 11.5 Å². The van der Waals surface area contributed by atoms with Gasteiger partial charge in [-0.3, -0.25) is 4.79 Å². The number of alkyl halides is 3. The number of anilines is 1. The predicted molar refractivity (Wildman–Crippen MR) is 144 cm³/mol. The largest absolute Gasteiger partial charge is 0.497 e. The standard InChI is InChI=1S/C30H27F3N4O5/c1-17-24(35-27(41-17)19-4-3-5-21(14-19)39-2)11-13-40-20-8-6-18(7-9-20)26-22-15-37(16-23(22)28(38)42-26)29-34-12-10-25(36-29)30(31,32)33/h3-10,12,14,22-23,26H,11,13,15-16H2,1-2H3/t22-,23+,26?/m1/s1. The maximum atomic E-state index is 13.1. The van der Waals surface area contributed by atoms with E-state index in [1.54, 1.807) is 24.1 Å². The highest BCUT2D eigenvalue weighted by molar-refractivity contribution is 5.77. The lowest BCUT2D eigenvalue weighted by atomic mass is 9.90. The Morgan fingerprint density at radius 3 is 2.62 bits per heavy atom. The average molecular weight is 581 g/mol. The van der Waals surface area contributed by atoms with Crippen LogP contribution in [-0.2, 0) is 22.1 Å². The lowest BCUT2D eigenvalue weighted by molar-refractivity contribution is -0.144. The molecule has 0 bridgehead atoms. The molecule has 2 aromatic heterocycles. The van der Waals surface area contributed by atoms with Gasteiger partial charge in [-0.2, -0.15) is 13.2 Å². The van der Waals surface area contributed by atoms with Crippen LogP contribution in [0.15, 0.2) is 65.2 Å². The zero-order valence-corrected chi connectivity index (χ0v) is 22.8. The summed E-state index contributed by atoms with van der Waals surface area (Å²) in [5.41, 5.74) is 1.38. The van der Waals surface area contributed by atoms with Crippen molar-refractivity contribution in [3.05, 3.63) is 83.5 Å². The number of hydrogen-bond donors (Lipinski definition) is 0. The molecular formula is C30H27F3N4O5. The molecule has 2 saturated heterocycles. The monoisotopic (exact) mass is 580 g/mol. The van der Waals surface area contributed by atoms with Crippen LogP contribution in [0.3, 0.4) is 0 Å². The Kier molecular flexibility index (Phi) is 7.21. The molecule has 2 aliphatic heterocycles. The van der Waals surface area contributed by atoms with Gasteiger partial charge in [-0.15, -0.1) is 0 Å². The number of aryl methyl sites for hydroxylation is 1. The van der Waals surface area contributed by atoms with Gasteiger partial charge in [-0.1, -0.05) is 18.2 Å². The van der Waals surface area contributed by atoms with Gasteiger partial charge in [0.2, 0.25) is 11.8 Å². The van der Waals surface area contributed by atoms with Crippen molar-refractivity contribution in [2.24, 2.45) is 11.8 Å². The average Bonchev–Trinajstić information content (AvgIpc) is 3.68. The van der Waals surface area contributed by atoms with Crippen molar-refractivity contribution < 1.29 is 36.6 Å². The molecule has 42 heavy (non-hydrogen) atoms. The van der Waals surface area contributed by atoms with Crippen LogP contribution in [0.1, 0.15) is 28.8 Å². The minimum Gasteiger partial charge on any atom is -0.497 e. The number of benzene rings is 2. The highest BCUT2D eigenvalue weighted by Gasteiger charge is 2.51. The zero-order chi connectivity index (χ0) is 29.4. The normalized spacial score (nSPS) is 20.0. The Hall–Kier alpha value is -4.61. The van der Waals surface area contributed by atoms with Crippen LogP contribution in [0.4, 0.5) is 19.1 Å². The Morgan fingerprint density at radius 2 is 1.86 bits per heavy atom. The van der Waals surface area contributed by atoms with Gasteiger partial charge in [-0.05, 0) is 48.9 Å². The van der Waals surface area contributed by atoms with Gasteiger partial charge in [0.25, 0.3) is 0 Å². The van der Waals surface area contributed by atoms with E-state index in [4.69, 9.17) is 18.6 Å². The summed E-state index contributed by atoms with van der Waals surface area (Å²) in [6.07, 6.45) is -3.48. The third kappa shape index (κ3) is 5.48. The van der Waals surface area contributed by atoms with Crippen molar-refractivity contribution in [2.45, 2.75) is 25.6 Å². The predicted octanol–water partition coefficient (Wildman–Crippen LogP) is 5.44. The summed E-state index contributed by atoms with van der Waals surface area (Å²) in [4.78, 5) is 26.5. The number of ether oxygens (including phenoxy) is 3. The Balaban J connectivity index is 1.07. The molecule has 4 heterocycles. The van der Waals surface area contributed by atoms with E-state index in [1.807, 2.05) is 43.3 Å². The third-order valence-electron chi connectivity index (χ3n) is 7.54. The number of fused-ring (bicyclic) bond motifs is 1. The van der Waals surface area contributed by atoms with Crippen LogP contribution in [0.2, 0.25) is 0 Å². The maximum absolute atomic E-state index is 13.1. The summed E-state index contributed by atoms with van der Waals surface area (Å²) >= 11 is 0. The molecule has 6 rings (SSSR count). The number of rotatable bonds is 8. The number of esters is 1. The molecule has 2 aromatic carbocycles. The van der Waals surface area contributed by atoms with Crippen molar-refractivity contribution in [3.8, 4) is 23.0 Å². The zero-order valence-electron chi connectivity index (χ0n) is 22.8. The first kappa shape index (κ1) is 27.6. The van der Waals surface area contributed by atoms with Crippen molar-refractivity contribution >= 4 is 11.9 Å². The molecule has 2 fully saturated rings. The SMILES string of the molecule is COc1cccc(-c2nc(CCOc3ccc(C4OC(=O)[C@H]5CN(c6nccc(C(F)(F)F)n6)C[C@@H]45)cc3)c(C)o2)c1. The molecule has 1 unspecified atom stereocenters. The second kappa shape index (κ2) is 11.0. The minimum atomic E-state index is -4.58. The molecule has 218 valence electrons. The number of cyclic esters (lactones) is 1. The smallest absolute Gasteiger partial charge is 0.433 e. The number of carbonyl (C=O) groups excluding carboxylic acids is 1. The first-order valence-electron chi connectivity index (χ1n) is 13.4. The molecule has 0 amide bonds. The number of methoxy groups -OCH3 is 1. The van der Waals surface area contributed by atoms with Gasteiger partial charge in [-0.25, -0.2) is 15.0 Å². The van der Waals surface area contributed by atoms with E-state index >= 15 is 0 Å². The molecule has 0 radical (unpaired) electrons. The minimum absolute atomic E-state index is 0.0486. The molecule has 0 spiro atoms. The van der Waals surface area contributed by atoms with E-state index in [2.05, 4.69) is 15.0 Å². The number of aromatic nitrogens is 3. The van der Waals surface area contributed by atoms with E-state index in [1.165, 1.54) is 0 Å². The summed E-state index contributed by atoms with van der Waals surface area (Å²) in [5.74, 6) is 1.44. The Morgan fingerprint density at radius 1 is 1.05 bits per heavy atom. The van der Waals surface area contributed by atoms with E-state index < -0.39 is 23.9 Å². The lowest BCUT2D eigenvalue weighted by Gasteiger charge is -2.21. The number of nitrogens with zero attached hydrogens (tertiary/aromatic N) is 4. The van der Waals surface area contributed by atoms with Crippen molar-refractivity contribution in [3.63, 3.8) is 0 Å². The van der Waals surface area contributed by atoms with Gasteiger partial charge in [0.05, 0.1) is 25.3 Å². The highest BCUT2D eigenvalue weighted by Crippen LogP contribution is 2.45. The summed E-state index contributed by atoms with van der Waals surface area (Å²) in [5, 5.41) is 0. The molecule has 12 heteroatoms. The fourth-order valence-electron chi connectivity index (χ4n) is 5.38. The van der Waals surface area contributed by atoms with Crippen LogP contribution < -0.4 is 14.4 Å². The van der Waals surface area contributed by atoms with Crippen LogP contribution in [0.25, 0.3) is 11.5 Å². The number of carbonyl (C=O) groups is 1. The molecular weight excluding hydrogens is 553 g/mol. The fraction of sp³-hybridized carbons (Fsp3) is 0.333. The summed E-state index contributed by atoms with van der Waals surface area (Å²) in [6, 6.07) is 15.6. The summed E-state index contributed by atoms with van der Waals surface area (Å²) in [7, 11) is 1.61. The second-order valence-corrected chi connectivity index (χ2v) is 10.2. The molecule has 0 N–H and O–H groups in total. The number of hydrogen-bond acceptors (Lipinski definition) is 9. The number of oxazole rings is 1. The van der Waals surface area contributed by atoms with E-state index in [-0.39, 0.29) is 24.4 Å². The highest BCUT2D eigenvalue weighted by atomic mass is 19.4. The number of halogens is 3. The second-order valence-electron chi connectivity index (χ2n) is 10.2. The van der Waals surface area contributed by atoms with Crippen LogP contribution in [0, 0.1) is 18.8 Å². The van der Waals surface area contributed by atoms with E-state index in [0.717, 1.165) is 34.8 Å². The summed E-state index contributed by atoms with van der Waals surface area (Å²) < 4.78 is 62.1.